The van der Waals surface area contributed by atoms with E-state index in [1.54, 1.807) is 10.9 Å². The summed E-state index contributed by atoms with van der Waals surface area (Å²) >= 11 is 0. The van der Waals surface area contributed by atoms with E-state index in [9.17, 15) is 4.79 Å². The highest BCUT2D eigenvalue weighted by Crippen LogP contribution is 2.04. The molecule has 1 amide bonds. The summed E-state index contributed by atoms with van der Waals surface area (Å²) in [5.41, 5.74) is 1.08. The van der Waals surface area contributed by atoms with E-state index in [0.29, 0.717) is 26.3 Å². The van der Waals surface area contributed by atoms with Crippen LogP contribution >= 0.6 is 0 Å². The Morgan fingerprint density at radius 2 is 2.00 bits per heavy atom. The van der Waals surface area contributed by atoms with E-state index in [-0.39, 0.29) is 11.6 Å². The van der Waals surface area contributed by atoms with Crippen LogP contribution in [0.25, 0.3) is 5.69 Å². The molecule has 0 aliphatic carbocycles. The van der Waals surface area contributed by atoms with Crippen molar-refractivity contribution in [3.05, 3.63) is 60.7 Å². The highest BCUT2D eigenvalue weighted by Gasteiger charge is 2.10. The van der Waals surface area contributed by atoms with Gasteiger partial charge in [-0.05, 0) is 18.2 Å². The molecular weight excluding hydrogens is 308 g/mol. The summed E-state index contributed by atoms with van der Waals surface area (Å²) in [6.45, 7) is 2.07. The third kappa shape index (κ3) is 4.26. The van der Waals surface area contributed by atoms with Crippen LogP contribution in [0.3, 0.4) is 0 Å². The van der Waals surface area contributed by atoms with Gasteiger partial charge in [0.25, 0.3) is 5.91 Å². The third-order valence-corrected chi connectivity index (χ3v) is 3.27. The molecule has 0 atom stereocenters. The summed E-state index contributed by atoms with van der Waals surface area (Å²) in [7, 11) is 0. The lowest BCUT2D eigenvalue weighted by molar-refractivity contribution is 0.0901. The Morgan fingerprint density at radius 3 is 2.79 bits per heavy atom. The summed E-state index contributed by atoms with van der Waals surface area (Å²) in [5.74, 6) is -0.271. The van der Waals surface area contributed by atoms with Gasteiger partial charge in [-0.2, -0.15) is 15.0 Å². The van der Waals surface area contributed by atoms with Crippen molar-refractivity contribution in [3.63, 3.8) is 0 Å². The molecule has 0 bridgehead atoms. The number of para-hydroxylation sites is 1. The van der Waals surface area contributed by atoms with Gasteiger partial charge < -0.3 is 10.1 Å². The predicted octanol–water partition coefficient (Wildman–Crippen LogP) is 0.910. The summed E-state index contributed by atoms with van der Waals surface area (Å²) < 4.78 is 7.24. The molecule has 2 aromatic heterocycles. The fraction of sp³-hybridized carbons (Fsp3) is 0.250. The normalized spacial score (nSPS) is 10.7. The van der Waals surface area contributed by atoms with E-state index in [1.807, 2.05) is 42.6 Å². The fourth-order valence-electron chi connectivity index (χ4n) is 2.07. The molecule has 8 heteroatoms. The number of ether oxygens (including phenoxy) is 1. The quantitative estimate of drug-likeness (QED) is 0.622. The summed E-state index contributed by atoms with van der Waals surface area (Å²) in [6.07, 6.45) is 5.05. The van der Waals surface area contributed by atoms with Crippen molar-refractivity contribution in [1.82, 2.24) is 30.1 Å². The van der Waals surface area contributed by atoms with Gasteiger partial charge in [-0.1, -0.05) is 18.2 Å². The SMILES string of the molecule is O=C(NCCOCCn1cccn1)c1cnn(-c2ccccc2)n1. The van der Waals surface area contributed by atoms with Gasteiger partial charge in [0.1, 0.15) is 0 Å². The molecule has 124 valence electrons. The van der Waals surface area contributed by atoms with Gasteiger partial charge in [0, 0.05) is 18.9 Å². The number of nitrogens with zero attached hydrogens (tertiary/aromatic N) is 5. The molecule has 0 radical (unpaired) electrons. The summed E-state index contributed by atoms with van der Waals surface area (Å²) in [6, 6.07) is 11.3. The highest BCUT2D eigenvalue weighted by molar-refractivity contribution is 5.91. The van der Waals surface area contributed by atoms with E-state index in [0.717, 1.165) is 5.69 Å². The molecule has 0 spiro atoms. The minimum atomic E-state index is -0.271. The minimum Gasteiger partial charge on any atom is -0.378 e. The van der Waals surface area contributed by atoms with Gasteiger partial charge in [-0.15, -0.1) is 5.10 Å². The maximum Gasteiger partial charge on any atom is 0.273 e. The van der Waals surface area contributed by atoms with Crippen molar-refractivity contribution in [1.29, 1.82) is 0 Å². The Labute approximate surface area is 139 Å². The van der Waals surface area contributed by atoms with Crippen LogP contribution in [0.15, 0.2) is 55.0 Å². The number of benzene rings is 1. The van der Waals surface area contributed by atoms with Gasteiger partial charge in [0.15, 0.2) is 5.69 Å². The molecule has 0 fully saturated rings. The lowest BCUT2D eigenvalue weighted by Crippen LogP contribution is -2.28. The average molecular weight is 326 g/mol. The van der Waals surface area contributed by atoms with Crippen molar-refractivity contribution < 1.29 is 9.53 Å². The van der Waals surface area contributed by atoms with Crippen LogP contribution in [0.5, 0.6) is 0 Å². The zero-order valence-electron chi connectivity index (χ0n) is 13.1. The fourth-order valence-corrected chi connectivity index (χ4v) is 2.07. The van der Waals surface area contributed by atoms with E-state index < -0.39 is 0 Å². The number of hydrogen-bond acceptors (Lipinski definition) is 5. The van der Waals surface area contributed by atoms with Gasteiger partial charge in [0.2, 0.25) is 0 Å². The third-order valence-electron chi connectivity index (χ3n) is 3.27. The van der Waals surface area contributed by atoms with Crippen LogP contribution in [0.2, 0.25) is 0 Å². The maximum absolute atomic E-state index is 12.0. The molecule has 3 aromatic rings. The van der Waals surface area contributed by atoms with Crippen LogP contribution in [-0.2, 0) is 11.3 Å². The maximum atomic E-state index is 12.0. The van der Waals surface area contributed by atoms with Crippen LogP contribution in [0.4, 0.5) is 0 Å². The average Bonchev–Trinajstić information content (AvgIpc) is 3.30. The highest BCUT2D eigenvalue weighted by atomic mass is 16.5. The van der Waals surface area contributed by atoms with Crippen molar-refractivity contribution in [2.24, 2.45) is 0 Å². The number of carbonyl (C=O) groups excluding carboxylic acids is 1. The van der Waals surface area contributed by atoms with Gasteiger partial charge >= 0.3 is 0 Å². The number of rotatable bonds is 8. The second kappa shape index (κ2) is 8.02. The summed E-state index contributed by atoms with van der Waals surface area (Å²) in [4.78, 5) is 13.4. The molecule has 0 aliphatic heterocycles. The first-order chi connectivity index (χ1) is 11.8. The molecule has 8 nitrogen and oxygen atoms in total. The standard InChI is InChI=1S/C16H18N6O2/c23-16(17-8-11-24-12-10-21-9-4-7-18-21)15-13-19-22(20-15)14-5-2-1-3-6-14/h1-7,9,13H,8,10-12H2,(H,17,23). The van der Waals surface area contributed by atoms with Crippen LogP contribution < -0.4 is 5.32 Å². The number of aromatic nitrogens is 5. The zero-order chi connectivity index (χ0) is 16.6. The molecule has 1 N–H and O–H groups in total. The van der Waals surface area contributed by atoms with Gasteiger partial charge in [-0.25, -0.2) is 0 Å². The smallest absolute Gasteiger partial charge is 0.273 e. The van der Waals surface area contributed by atoms with Crippen molar-refractivity contribution in [2.45, 2.75) is 6.54 Å². The predicted molar refractivity (Wildman–Crippen MR) is 86.7 cm³/mol. The lowest BCUT2D eigenvalue weighted by Gasteiger charge is -2.05. The number of nitrogens with one attached hydrogen (secondary N) is 1. The van der Waals surface area contributed by atoms with Crippen LogP contribution in [0, 0.1) is 0 Å². The van der Waals surface area contributed by atoms with E-state index in [2.05, 4.69) is 20.6 Å². The molecule has 0 unspecified atom stereocenters. The number of amides is 1. The van der Waals surface area contributed by atoms with E-state index in [1.165, 1.54) is 11.0 Å². The first kappa shape index (κ1) is 15.9. The molecule has 24 heavy (non-hydrogen) atoms. The molecule has 0 saturated heterocycles. The van der Waals surface area contributed by atoms with Crippen molar-refractivity contribution >= 4 is 5.91 Å². The van der Waals surface area contributed by atoms with E-state index >= 15 is 0 Å². The topological polar surface area (TPSA) is 86.9 Å². The van der Waals surface area contributed by atoms with Crippen LogP contribution in [0.1, 0.15) is 10.5 Å². The lowest BCUT2D eigenvalue weighted by atomic mass is 10.3. The number of carbonyl (C=O) groups is 1. The molecular formula is C16H18N6O2. The largest absolute Gasteiger partial charge is 0.378 e. The Morgan fingerprint density at radius 1 is 1.12 bits per heavy atom. The molecule has 3 rings (SSSR count). The van der Waals surface area contributed by atoms with Crippen molar-refractivity contribution in [3.8, 4) is 5.69 Å². The molecule has 1 aromatic carbocycles. The first-order valence-corrected chi connectivity index (χ1v) is 7.64. The first-order valence-electron chi connectivity index (χ1n) is 7.64. The van der Waals surface area contributed by atoms with Crippen molar-refractivity contribution in [2.75, 3.05) is 19.8 Å². The number of hydrogen-bond donors (Lipinski definition) is 1. The van der Waals surface area contributed by atoms with Gasteiger partial charge in [0.05, 0.1) is 31.6 Å². The van der Waals surface area contributed by atoms with Gasteiger partial charge in [-0.3, -0.25) is 9.48 Å². The second-order valence-corrected chi connectivity index (χ2v) is 4.99. The molecule has 0 saturated carbocycles. The zero-order valence-corrected chi connectivity index (χ0v) is 13.1. The summed E-state index contributed by atoms with van der Waals surface area (Å²) in [5, 5.41) is 15.1. The Kier molecular flexibility index (Phi) is 5.31. The molecule has 0 aliphatic rings. The minimum absolute atomic E-state index is 0.271. The Balaban J connectivity index is 1.38. The molecule has 2 heterocycles. The van der Waals surface area contributed by atoms with Crippen LogP contribution in [-0.4, -0.2) is 50.4 Å². The second-order valence-electron chi connectivity index (χ2n) is 4.99. The van der Waals surface area contributed by atoms with E-state index in [4.69, 9.17) is 4.74 Å². The monoisotopic (exact) mass is 326 g/mol. The Hall–Kier alpha value is -3.00. The Bertz CT molecular complexity index is 754.